The van der Waals surface area contributed by atoms with Crippen LogP contribution in [0.5, 0.6) is 0 Å². The van der Waals surface area contributed by atoms with Crippen molar-refractivity contribution < 1.29 is 19.4 Å². The molecule has 1 unspecified atom stereocenters. The Hall–Kier alpha value is -1.32. The lowest BCUT2D eigenvalue weighted by Crippen LogP contribution is -2.29. The lowest BCUT2D eigenvalue weighted by atomic mass is 9.93. The van der Waals surface area contributed by atoms with E-state index < -0.39 is 17.5 Å². The number of carboxylic acid groups (broad SMARTS) is 1. The van der Waals surface area contributed by atoms with Gasteiger partial charge < -0.3 is 9.84 Å². The van der Waals surface area contributed by atoms with Crippen molar-refractivity contribution in [3.8, 4) is 0 Å². The van der Waals surface area contributed by atoms with Gasteiger partial charge in [0.1, 0.15) is 5.60 Å². The number of hydrogen-bond donors (Lipinski definition) is 1. The minimum Gasteiger partial charge on any atom is -0.478 e. The zero-order chi connectivity index (χ0) is 12.8. The van der Waals surface area contributed by atoms with Crippen LogP contribution in [0.3, 0.4) is 0 Å². The molecule has 0 aliphatic heterocycles. The molecule has 0 spiro atoms. The van der Waals surface area contributed by atoms with Crippen molar-refractivity contribution in [2.24, 2.45) is 5.92 Å². The van der Waals surface area contributed by atoms with Gasteiger partial charge in [0, 0.05) is 12.2 Å². The summed E-state index contributed by atoms with van der Waals surface area (Å²) in [5.41, 5.74) is -0.560. The molecule has 4 heteroatoms. The first-order valence-corrected chi connectivity index (χ1v) is 5.41. The van der Waals surface area contributed by atoms with Gasteiger partial charge in [-0.25, -0.2) is 9.59 Å². The number of ether oxygens (including phenoxy) is 1. The molecule has 0 amide bonds. The maximum atomic E-state index is 11.3. The number of esters is 1. The van der Waals surface area contributed by atoms with Crippen molar-refractivity contribution in [2.45, 2.75) is 46.1 Å². The van der Waals surface area contributed by atoms with E-state index in [1.807, 2.05) is 13.8 Å². The van der Waals surface area contributed by atoms with Crippen LogP contribution in [0.1, 0.15) is 40.5 Å². The molecule has 0 fully saturated rings. The van der Waals surface area contributed by atoms with E-state index in [2.05, 4.69) is 13.8 Å². The lowest BCUT2D eigenvalue weighted by molar-refractivity contribution is -0.152. The Kier molecular flexibility index (Phi) is 5.78. The Bertz CT molecular complexity index is 279. The number of carbonyl (C=O) groups is 2. The fourth-order valence-electron chi connectivity index (χ4n) is 1.47. The fraction of sp³-hybridized carbons (Fsp3) is 0.667. The van der Waals surface area contributed by atoms with Gasteiger partial charge in [0.2, 0.25) is 0 Å². The van der Waals surface area contributed by atoms with E-state index in [1.165, 1.54) is 0 Å². The molecule has 0 aromatic rings. The SMILES string of the molecule is CCC(C)CC(C)(C)OC(=O)/C=C/C(=O)O. The minimum atomic E-state index is -1.16. The molecule has 0 aliphatic carbocycles. The van der Waals surface area contributed by atoms with Gasteiger partial charge in [0.25, 0.3) is 0 Å². The molecule has 16 heavy (non-hydrogen) atoms. The Morgan fingerprint density at radius 3 is 2.38 bits per heavy atom. The molecule has 0 rings (SSSR count). The lowest BCUT2D eigenvalue weighted by Gasteiger charge is -2.27. The zero-order valence-electron chi connectivity index (χ0n) is 10.3. The average Bonchev–Trinajstić information content (AvgIpc) is 2.13. The van der Waals surface area contributed by atoms with E-state index in [4.69, 9.17) is 9.84 Å². The van der Waals surface area contributed by atoms with E-state index in [0.717, 1.165) is 25.0 Å². The van der Waals surface area contributed by atoms with Gasteiger partial charge in [-0.2, -0.15) is 0 Å². The Morgan fingerprint density at radius 2 is 1.94 bits per heavy atom. The van der Waals surface area contributed by atoms with Crippen LogP contribution in [0.4, 0.5) is 0 Å². The van der Waals surface area contributed by atoms with Crippen LogP contribution in [-0.2, 0) is 14.3 Å². The normalized spacial score (nSPS) is 13.8. The van der Waals surface area contributed by atoms with E-state index in [1.54, 1.807) is 0 Å². The molecule has 0 aromatic heterocycles. The number of aliphatic carboxylic acids is 1. The zero-order valence-corrected chi connectivity index (χ0v) is 10.3. The second-order valence-corrected chi connectivity index (χ2v) is 4.57. The van der Waals surface area contributed by atoms with E-state index >= 15 is 0 Å². The summed E-state index contributed by atoms with van der Waals surface area (Å²) in [6, 6.07) is 0. The van der Waals surface area contributed by atoms with Crippen LogP contribution in [0, 0.1) is 5.92 Å². The molecule has 1 atom stereocenters. The van der Waals surface area contributed by atoms with Crippen LogP contribution in [0.2, 0.25) is 0 Å². The first-order chi connectivity index (χ1) is 7.26. The standard InChI is InChI=1S/C12H20O4/c1-5-9(2)8-12(3,4)16-11(15)7-6-10(13)14/h6-7,9H,5,8H2,1-4H3,(H,13,14)/b7-6+. The van der Waals surface area contributed by atoms with E-state index in [9.17, 15) is 9.59 Å². The molecule has 92 valence electrons. The van der Waals surface area contributed by atoms with Gasteiger partial charge >= 0.3 is 11.9 Å². The molecule has 1 N–H and O–H groups in total. The van der Waals surface area contributed by atoms with Crippen LogP contribution >= 0.6 is 0 Å². The molecule has 0 saturated carbocycles. The second-order valence-electron chi connectivity index (χ2n) is 4.57. The topological polar surface area (TPSA) is 63.6 Å². The fourth-order valence-corrected chi connectivity index (χ4v) is 1.47. The third-order valence-electron chi connectivity index (χ3n) is 2.28. The van der Waals surface area contributed by atoms with Crippen molar-refractivity contribution in [3.05, 3.63) is 12.2 Å². The number of rotatable bonds is 6. The van der Waals surface area contributed by atoms with Crippen molar-refractivity contribution >= 4 is 11.9 Å². The van der Waals surface area contributed by atoms with E-state index in [-0.39, 0.29) is 0 Å². The monoisotopic (exact) mass is 228 g/mol. The largest absolute Gasteiger partial charge is 0.478 e. The average molecular weight is 228 g/mol. The summed E-state index contributed by atoms with van der Waals surface area (Å²) in [6.45, 7) is 7.81. The molecular formula is C12H20O4. The van der Waals surface area contributed by atoms with Crippen molar-refractivity contribution in [2.75, 3.05) is 0 Å². The van der Waals surface area contributed by atoms with Gasteiger partial charge in [-0.1, -0.05) is 20.3 Å². The number of carbonyl (C=O) groups excluding carboxylic acids is 1. The summed E-state index contributed by atoms with van der Waals surface area (Å²) in [5, 5.41) is 8.35. The molecule has 0 saturated heterocycles. The van der Waals surface area contributed by atoms with Crippen LogP contribution in [-0.4, -0.2) is 22.6 Å². The quantitative estimate of drug-likeness (QED) is 0.560. The summed E-state index contributed by atoms with van der Waals surface area (Å²) in [4.78, 5) is 21.5. The van der Waals surface area contributed by atoms with Crippen molar-refractivity contribution in [1.82, 2.24) is 0 Å². The minimum absolute atomic E-state index is 0.464. The number of carboxylic acids is 1. The third kappa shape index (κ3) is 7.04. The summed E-state index contributed by atoms with van der Waals surface area (Å²) >= 11 is 0. The highest BCUT2D eigenvalue weighted by molar-refractivity contribution is 5.90. The first kappa shape index (κ1) is 14.7. The highest BCUT2D eigenvalue weighted by Gasteiger charge is 2.23. The van der Waals surface area contributed by atoms with Crippen LogP contribution in [0.25, 0.3) is 0 Å². The maximum absolute atomic E-state index is 11.3. The Balaban J connectivity index is 4.25. The number of hydrogen-bond acceptors (Lipinski definition) is 3. The first-order valence-electron chi connectivity index (χ1n) is 5.41. The van der Waals surface area contributed by atoms with Gasteiger partial charge in [0.05, 0.1) is 0 Å². The Labute approximate surface area is 96.3 Å². The highest BCUT2D eigenvalue weighted by Crippen LogP contribution is 2.22. The molecule has 0 bridgehead atoms. The van der Waals surface area contributed by atoms with Gasteiger partial charge in [0.15, 0.2) is 0 Å². The molecule has 4 nitrogen and oxygen atoms in total. The van der Waals surface area contributed by atoms with Gasteiger partial charge in [-0.3, -0.25) is 0 Å². The van der Waals surface area contributed by atoms with Crippen LogP contribution < -0.4 is 0 Å². The summed E-state index contributed by atoms with van der Waals surface area (Å²) in [5.74, 6) is -1.31. The maximum Gasteiger partial charge on any atom is 0.331 e. The summed E-state index contributed by atoms with van der Waals surface area (Å²) in [6.07, 6.45) is 3.49. The molecular weight excluding hydrogens is 208 g/mol. The molecule has 0 heterocycles. The van der Waals surface area contributed by atoms with E-state index in [0.29, 0.717) is 5.92 Å². The highest BCUT2D eigenvalue weighted by atomic mass is 16.6. The van der Waals surface area contributed by atoms with Crippen molar-refractivity contribution in [1.29, 1.82) is 0 Å². The summed E-state index contributed by atoms with van der Waals surface area (Å²) in [7, 11) is 0. The Morgan fingerprint density at radius 1 is 1.38 bits per heavy atom. The molecule has 0 aromatic carbocycles. The molecule has 0 radical (unpaired) electrons. The molecule has 0 aliphatic rings. The summed E-state index contributed by atoms with van der Waals surface area (Å²) < 4.78 is 5.17. The predicted octanol–water partition coefficient (Wildman–Crippen LogP) is 2.39. The van der Waals surface area contributed by atoms with Crippen LogP contribution in [0.15, 0.2) is 12.2 Å². The van der Waals surface area contributed by atoms with Gasteiger partial charge in [-0.15, -0.1) is 0 Å². The van der Waals surface area contributed by atoms with Gasteiger partial charge in [-0.05, 0) is 26.2 Å². The third-order valence-corrected chi connectivity index (χ3v) is 2.28. The van der Waals surface area contributed by atoms with Crippen molar-refractivity contribution in [3.63, 3.8) is 0 Å². The second kappa shape index (κ2) is 6.30. The predicted molar refractivity (Wildman–Crippen MR) is 61.0 cm³/mol. The smallest absolute Gasteiger partial charge is 0.331 e.